The van der Waals surface area contributed by atoms with Crippen LogP contribution < -0.4 is 9.47 Å². The number of methoxy groups -OCH3 is 2. The quantitative estimate of drug-likeness (QED) is 0.488. The third-order valence-electron chi connectivity index (χ3n) is 5.46. The van der Waals surface area contributed by atoms with Crippen LogP contribution in [-0.4, -0.2) is 20.0 Å². The number of rotatable bonds is 3. The van der Waals surface area contributed by atoms with Crippen molar-refractivity contribution in [3.05, 3.63) is 92.5 Å². The molecule has 0 saturated heterocycles. The molecule has 0 aromatic heterocycles. The fraction of sp³-hybridized carbons (Fsp3) is 0.125. The van der Waals surface area contributed by atoms with Crippen molar-refractivity contribution in [1.29, 1.82) is 0 Å². The molecule has 1 aliphatic carbocycles. The number of ketones is 1. The minimum absolute atomic E-state index is 0.0743. The minimum Gasteiger partial charge on any atom is -0.493 e. The molecule has 0 amide bonds. The average molecular weight is 439 g/mol. The molecule has 0 bridgehead atoms. The van der Waals surface area contributed by atoms with Crippen molar-refractivity contribution >= 4 is 40.3 Å². The molecule has 1 atom stereocenters. The van der Waals surface area contributed by atoms with Gasteiger partial charge in [-0.25, -0.2) is 0 Å². The molecule has 30 heavy (non-hydrogen) atoms. The molecule has 5 rings (SSSR count). The summed E-state index contributed by atoms with van der Waals surface area (Å²) in [5.41, 5.74) is 4.17. The largest absolute Gasteiger partial charge is 0.493 e. The van der Waals surface area contributed by atoms with E-state index >= 15 is 0 Å². The van der Waals surface area contributed by atoms with Crippen LogP contribution in [0.5, 0.6) is 11.5 Å². The molecule has 1 aliphatic heterocycles. The number of hydrogen-bond donors (Lipinski definition) is 0. The topological polar surface area (TPSA) is 44.8 Å². The van der Waals surface area contributed by atoms with Crippen LogP contribution in [-0.2, 0) is 4.74 Å². The van der Waals surface area contributed by atoms with Gasteiger partial charge in [-0.2, -0.15) is 0 Å². The van der Waals surface area contributed by atoms with Crippen LogP contribution in [0, 0.1) is 0 Å². The first-order chi connectivity index (χ1) is 14.5. The van der Waals surface area contributed by atoms with E-state index in [1.807, 2.05) is 42.5 Å². The summed E-state index contributed by atoms with van der Waals surface area (Å²) in [6, 6.07) is 16.4. The summed E-state index contributed by atoms with van der Waals surface area (Å²) in [6.07, 6.45) is -0.540. The highest BCUT2D eigenvalue weighted by atomic mass is 35.5. The molecule has 150 valence electrons. The van der Waals surface area contributed by atoms with Crippen molar-refractivity contribution in [1.82, 2.24) is 0 Å². The molecule has 0 radical (unpaired) electrons. The Hall–Kier alpha value is -2.95. The molecule has 0 fully saturated rings. The van der Waals surface area contributed by atoms with E-state index in [1.165, 1.54) is 0 Å². The standard InChI is InChI=1S/C24H16Cl2O4/c1-28-19-10-16-17(11-20(19)29-2)23(15-8-7-12(25)9-18(15)26)30-24-14-6-4-3-5-13(14)22(27)21(16)24/h3-11,23H,1-2H3. The van der Waals surface area contributed by atoms with E-state index in [4.69, 9.17) is 37.4 Å². The van der Waals surface area contributed by atoms with Gasteiger partial charge in [0.05, 0.1) is 19.8 Å². The molecule has 0 N–H and O–H groups in total. The van der Waals surface area contributed by atoms with Crippen LogP contribution in [0.15, 0.2) is 54.6 Å². The summed E-state index contributed by atoms with van der Waals surface area (Å²) >= 11 is 12.6. The van der Waals surface area contributed by atoms with E-state index in [9.17, 15) is 4.79 Å². The van der Waals surface area contributed by atoms with Crippen LogP contribution in [0.2, 0.25) is 10.0 Å². The molecule has 6 heteroatoms. The number of carbonyl (C=O) groups is 1. The lowest BCUT2D eigenvalue weighted by atomic mass is 9.88. The van der Waals surface area contributed by atoms with Crippen LogP contribution in [0.3, 0.4) is 0 Å². The van der Waals surface area contributed by atoms with E-state index in [2.05, 4.69) is 0 Å². The van der Waals surface area contributed by atoms with Crippen LogP contribution in [0.25, 0.3) is 11.3 Å². The Kier molecular flexibility index (Phi) is 4.49. The normalized spacial score (nSPS) is 16.5. The fourth-order valence-corrected chi connectivity index (χ4v) is 4.58. The number of ether oxygens (including phenoxy) is 3. The Morgan fingerprint density at radius 1 is 0.833 bits per heavy atom. The van der Waals surface area contributed by atoms with Gasteiger partial charge in [0.25, 0.3) is 0 Å². The lowest BCUT2D eigenvalue weighted by Gasteiger charge is -2.30. The van der Waals surface area contributed by atoms with Crippen LogP contribution >= 0.6 is 23.2 Å². The Morgan fingerprint density at radius 2 is 1.53 bits per heavy atom. The number of carbonyl (C=O) groups excluding carboxylic acids is 1. The van der Waals surface area contributed by atoms with Gasteiger partial charge in [-0.05, 0) is 24.3 Å². The zero-order valence-electron chi connectivity index (χ0n) is 16.2. The van der Waals surface area contributed by atoms with Gasteiger partial charge in [0.1, 0.15) is 5.76 Å². The Balaban J connectivity index is 1.80. The maximum absolute atomic E-state index is 13.2. The Bertz CT molecular complexity index is 1250. The highest BCUT2D eigenvalue weighted by Gasteiger charge is 2.40. The van der Waals surface area contributed by atoms with E-state index in [0.29, 0.717) is 38.4 Å². The highest BCUT2D eigenvalue weighted by molar-refractivity contribution is 6.40. The fourth-order valence-electron chi connectivity index (χ4n) is 4.07. The molecular weight excluding hydrogens is 423 g/mol. The molecule has 0 spiro atoms. The number of halogens is 2. The van der Waals surface area contributed by atoms with Crippen molar-refractivity contribution in [2.75, 3.05) is 14.2 Å². The Morgan fingerprint density at radius 3 is 2.23 bits per heavy atom. The Labute approximate surface area is 183 Å². The van der Waals surface area contributed by atoms with Crippen molar-refractivity contribution in [3.8, 4) is 11.5 Å². The van der Waals surface area contributed by atoms with Crippen molar-refractivity contribution in [2.24, 2.45) is 0 Å². The number of benzene rings is 3. The molecule has 2 aliphatic rings. The second-order valence-corrected chi connectivity index (χ2v) is 7.88. The van der Waals surface area contributed by atoms with Gasteiger partial charge in [0, 0.05) is 37.9 Å². The highest BCUT2D eigenvalue weighted by Crippen LogP contribution is 2.52. The van der Waals surface area contributed by atoms with E-state index in [1.54, 1.807) is 26.4 Å². The first-order valence-electron chi connectivity index (χ1n) is 9.29. The van der Waals surface area contributed by atoms with Crippen LogP contribution in [0.4, 0.5) is 0 Å². The van der Waals surface area contributed by atoms with Crippen molar-refractivity contribution in [2.45, 2.75) is 6.10 Å². The first kappa shape index (κ1) is 19.0. The predicted molar refractivity (Wildman–Crippen MR) is 117 cm³/mol. The number of fused-ring (bicyclic) bond motifs is 4. The van der Waals surface area contributed by atoms with Gasteiger partial charge in [-0.15, -0.1) is 0 Å². The van der Waals surface area contributed by atoms with Gasteiger partial charge < -0.3 is 14.2 Å². The zero-order valence-corrected chi connectivity index (χ0v) is 17.7. The van der Waals surface area contributed by atoms with Gasteiger partial charge in [-0.1, -0.05) is 53.5 Å². The number of hydrogen-bond acceptors (Lipinski definition) is 4. The minimum atomic E-state index is -0.540. The third-order valence-corrected chi connectivity index (χ3v) is 6.02. The average Bonchev–Trinajstić information content (AvgIpc) is 3.04. The zero-order chi connectivity index (χ0) is 21.0. The van der Waals surface area contributed by atoms with E-state index in [-0.39, 0.29) is 5.78 Å². The molecule has 0 saturated carbocycles. The van der Waals surface area contributed by atoms with Gasteiger partial charge in [0.15, 0.2) is 23.4 Å². The first-order valence-corrected chi connectivity index (χ1v) is 10.1. The SMILES string of the molecule is COc1cc2c(cc1OC)C(c1ccc(Cl)cc1Cl)OC1=C2C(=O)c2ccccc21. The van der Waals surface area contributed by atoms with Crippen LogP contribution in [0.1, 0.15) is 38.7 Å². The summed E-state index contributed by atoms with van der Waals surface area (Å²) in [5.74, 6) is 1.55. The molecule has 3 aromatic rings. The summed E-state index contributed by atoms with van der Waals surface area (Å²) in [7, 11) is 3.14. The predicted octanol–water partition coefficient (Wildman–Crippen LogP) is 6.19. The summed E-state index contributed by atoms with van der Waals surface area (Å²) in [4.78, 5) is 13.2. The summed E-state index contributed by atoms with van der Waals surface area (Å²) in [6.45, 7) is 0. The molecule has 4 nitrogen and oxygen atoms in total. The second kappa shape index (κ2) is 7.08. The molecule has 1 unspecified atom stereocenters. The third kappa shape index (κ3) is 2.72. The van der Waals surface area contributed by atoms with Gasteiger partial charge in [-0.3, -0.25) is 4.79 Å². The molecule has 3 aromatic carbocycles. The molecule has 1 heterocycles. The smallest absolute Gasteiger partial charge is 0.198 e. The van der Waals surface area contributed by atoms with E-state index in [0.717, 1.165) is 22.3 Å². The number of allylic oxidation sites excluding steroid dienone is 1. The second-order valence-electron chi connectivity index (χ2n) is 7.04. The number of Topliss-reactive ketones (excluding diaryl/α,β-unsaturated/α-hetero) is 1. The maximum Gasteiger partial charge on any atom is 0.198 e. The van der Waals surface area contributed by atoms with Crippen molar-refractivity contribution < 1.29 is 19.0 Å². The summed E-state index contributed by atoms with van der Waals surface area (Å²) < 4.78 is 17.4. The summed E-state index contributed by atoms with van der Waals surface area (Å²) in [5, 5.41) is 1.02. The van der Waals surface area contributed by atoms with Crippen molar-refractivity contribution in [3.63, 3.8) is 0 Å². The van der Waals surface area contributed by atoms with Gasteiger partial charge in [0.2, 0.25) is 0 Å². The lowest BCUT2D eigenvalue weighted by Crippen LogP contribution is -2.15. The van der Waals surface area contributed by atoms with E-state index < -0.39 is 6.10 Å². The lowest BCUT2D eigenvalue weighted by molar-refractivity contribution is 0.105. The maximum atomic E-state index is 13.2. The molecular formula is C24H16Cl2O4. The van der Waals surface area contributed by atoms with Gasteiger partial charge >= 0.3 is 0 Å². The monoisotopic (exact) mass is 438 g/mol.